The molecule has 0 saturated carbocycles. The Morgan fingerprint density at radius 2 is 1.84 bits per heavy atom. The quantitative estimate of drug-likeness (QED) is 0.341. The molecule has 0 unspecified atom stereocenters. The lowest BCUT2D eigenvalue weighted by Crippen LogP contribution is -2.38. The van der Waals surface area contributed by atoms with E-state index in [-0.39, 0.29) is 28.4 Å². The molecule has 0 radical (unpaired) electrons. The van der Waals surface area contributed by atoms with E-state index in [0.29, 0.717) is 23.0 Å². The van der Waals surface area contributed by atoms with Gasteiger partial charge in [-0.15, -0.1) is 0 Å². The number of nitrogens with two attached hydrogens (primary N) is 1. The fourth-order valence-electron chi connectivity index (χ4n) is 4.67. The van der Waals surface area contributed by atoms with Crippen LogP contribution in [0.2, 0.25) is 5.02 Å². The van der Waals surface area contributed by atoms with E-state index in [0.717, 1.165) is 21.0 Å². The molecular weight excluding hydrogens is 530 g/mol. The minimum absolute atomic E-state index is 0.0947. The van der Waals surface area contributed by atoms with Crippen LogP contribution in [0.25, 0.3) is 33.3 Å². The summed E-state index contributed by atoms with van der Waals surface area (Å²) in [7, 11) is -0.941. The Labute approximate surface area is 222 Å². The zero-order chi connectivity index (χ0) is 27.5. The number of nitrogens with zero attached hydrogens (tertiary/aromatic N) is 6. The van der Waals surface area contributed by atoms with Crippen LogP contribution < -0.4 is 16.4 Å². The third kappa shape index (κ3) is 4.34. The first-order chi connectivity index (χ1) is 17.9. The van der Waals surface area contributed by atoms with E-state index in [2.05, 4.69) is 4.98 Å². The Bertz CT molecular complexity index is 1970. The van der Waals surface area contributed by atoms with Crippen molar-refractivity contribution in [2.45, 2.75) is 31.8 Å². The van der Waals surface area contributed by atoms with Crippen molar-refractivity contribution in [3.8, 4) is 11.4 Å². The summed E-state index contributed by atoms with van der Waals surface area (Å²) in [6.07, 6.45) is 3.05. The molecule has 4 heterocycles. The number of pyridine rings is 1. The fourth-order valence-corrected chi connectivity index (χ4v) is 5.42. The second-order valence-corrected chi connectivity index (χ2v) is 11.7. The fraction of sp³-hybridized carbons (Fsp3) is 0.280. The van der Waals surface area contributed by atoms with Gasteiger partial charge in [-0.2, -0.15) is 5.10 Å². The summed E-state index contributed by atoms with van der Waals surface area (Å²) in [6, 6.07) is 8.60. The molecule has 1 aromatic carbocycles. The molecule has 0 spiro atoms. The van der Waals surface area contributed by atoms with E-state index >= 15 is 0 Å². The van der Waals surface area contributed by atoms with Crippen molar-refractivity contribution in [2.75, 3.05) is 0 Å². The van der Waals surface area contributed by atoms with Gasteiger partial charge >= 0.3 is 5.69 Å². The van der Waals surface area contributed by atoms with Crippen LogP contribution in [0.15, 0.2) is 57.2 Å². The first-order valence-electron chi connectivity index (χ1n) is 11.8. The van der Waals surface area contributed by atoms with Crippen molar-refractivity contribution in [3.63, 3.8) is 0 Å². The highest BCUT2D eigenvalue weighted by Crippen LogP contribution is 2.31. The first kappa shape index (κ1) is 25.9. The molecule has 2 N–H and O–H groups in total. The van der Waals surface area contributed by atoms with Gasteiger partial charge in [0, 0.05) is 43.4 Å². The number of hydrogen-bond acceptors (Lipinski definition) is 6. The summed E-state index contributed by atoms with van der Waals surface area (Å²) in [6.45, 7) is 4.45. The molecular formula is C25H26ClN7O4S. The van der Waals surface area contributed by atoms with Crippen LogP contribution in [-0.2, 0) is 37.2 Å². The largest absolute Gasteiger partial charge is 0.348 e. The minimum atomic E-state index is -4.02. The Kier molecular flexibility index (Phi) is 6.28. The first-order valence-corrected chi connectivity index (χ1v) is 13.7. The molecule has 0 atom stereocenters. The van der Waals surface area contributed by atoms with Crippen molar-refractivity contribution in [1.82, 2.24) is 28.5 Å². The van der Waals surface area contributed by atoms with Crippen LogP contribution in [0.3, 0.4) is 0 Å². The lowest BCUT2D eigenvalue weighted by atomic mass is 10.1. The van der Waals surface area contributed by atoms with E-state index in [1.54, 1.807) is 34.6 Å². The van der Waals surface area contributed by atoms with Gasteiger partial charge in [-0.25, -0.2) is 18.4 Å². The highest BCUT2D eigenvalue weighted by molar-refractivity contribution is 7.89. The van der Waals surface area contributed by atoms with Crippen LogP contribution in [0.5, 0.6) is 0 Å². The van der Waals surface area contributed by atoms with E-state index in [4.69, 9.17) is 21.8 Å². The third-order valence-corrected chi connectivity index (χ3v) is 7.55. The number of hydrogen-bond donors (Lipinski definition) is 1. The van der Waals surface area contributed by atoms with Gasteiger partial charge in [0.1, 0.15) is 16.0 Å². The van der Waals surface area contributed by atoms with Gasteiger partial charge in [-0.1, -0.05) is 25.4 Å². The number of halogens is 1. The summed E-state index contributed by atoms with van der Waals surface area (Å²) >= 11 is 6.27. The zero-order valence-electron chi connectivity index (χ0n) is 21.2. The Hall–Kier alpha value is -3.74. The monoisotopic (exact) mass is 555 g/mol. The van der Waals surface area contributed by atoms with Gasteiger partial charge in [0.15, 0.2) is 5.65 Å². The van der Waals surface area contributed by atoms with Crippen molar-refractivity contribution < 1.29 is 8.42 Å². The van der Waals surface area contributed by atoms with Crippen LogP contribution in [-0.4, -0.2) is 36.9 Å². The minimum Gasteiger partial charge on any atom is -0.348 e. The van der Waals surface area contributed by atoms with Crippen LogP contribution in [0.1, 0.15) is 19.4 Å². The van der Waals surface area contributed by atoms with Crippen molar-refractivity contribution >= 4 is 43.6 Å². The van der Waals surface area contributed by atoms with E-state index < -0.39 is 21.3 Å². The molecule has 13 heteroatoms. The Morgan fingerprint density at radius 1 is 1.11 bits per heavy atom. The summed E-state index contributed by atoms with van der Waals surface area (Å²) in [5, 5.41) is 11.7. The molecule has 0 amide bonds. The van der Waals surface area contributed by atoms with Gasteiger partial charge in [-0.3, -0.25) is 23.6 Å². The molecule has 11 nitrogen and oxygen atoms in total. The van der Waals surface area contributed by atoms with Gasteiger partial charge in [0.25, 0.3) is 5.56 Å². The predicted molar refractivity (Wildman–Crippen MR) is 146 cm³/mol. The molecule has 4 aromatic heterocycles. The maximum absolute atomic E-state index is 13.5. The summed E-state index contributed by atoms with van der Waals surface area (Å²) in [4.78, 5) is 31.0. The number of sulfonamides is 1. The topological polar surface area (TPSA) is 140 Å². The standard InChI is InChI=1S/C25H26ClN7O4S/c1-14(2)11-32-23-21(24(34)31(4)25(32)35)22(20-10-17(13-30(20)3)38(27,36)37)33(29-23)12-15-7-8-28-19-6-5-16(26)9-18(15)19/h5-10,13-14H,11-12H2,1-4H3,(H2,27,36,37). The van der Waals surface area contributed by atoms with Crippen LogP contribution >= 0.6 is 11.6 Å². The highest BCUT2D eigenvalue weighted by Gasteiger charge is 2.26. The zero-order valence-corrected chi connectivity index (χ0v) is 22.8. The highest BCUT2D eigenvalue weighted by atomic mass is 35.5. The maximum Gasteiger partial charge on any atom is 0.332 e. The molecule has 0 aliphatic carbocycles. The van der Waals surface area contributed by atoms with Crippen LogP contribution in [0.4, 0.5) is 0 Å². The van der Waals surface area contributed by atoms with Gasteiger partial charge in [0.2, 0.25) is 10.0 Å². The molecule has 38 heavy (non-hydrogen) atoms. The molecule has 0 bridgehead atoms. The molecule has 0 aliphatic rings. The smallest absolute Gasteiger partial charge is 0.332 e. The van der Waals surface area contributed by atoms with E-state index in [1.807, 2.05) is 26.0 Å². The number of benzene rings is 1. The normalized spacial score (nSPS) is 12.3. The molecule has 0 saturated heterocycles. The summed E-state index contributed by atoms with van der Waals surface area (Å²) in [5.74, 6) is 0.0947. The van der Waals surface area contributed by atoms with Crippen molar-refractivity contribution in [1.29, 1.82) is 0 Å². The van der Waals surface area contributed by atoms with Crippen molar-refractivity contribution in [3.05, 3.63) is 74.1 Å². The molecule has 5 rings (SSSR count). The average molecular weight is 556 g/mol. The molecule has 0 aliphatic heterocycles. The Balaban J connectivity index is 1.88. The van der Waals surface area contributed by atoms with E-state index in [1.165, 1.54) is 23.9 Å². The second-order valence-electron chi connectivity index (χ2n) is 9.70. The van der Waals surface area contributed by atoms with Crippen molar-refractivity contribution in [2.24, 2.45) is 25.2 Å². The number of primary sulfonamides is 1. The van der Waals surface area contributed by atoms with Gasteiger partial charge in [-0.05, 0) is 41.8 Å². The summed E-state index contributed by atoms with van der Waals surface area (Å²) in [5.41, 5.74) is 1.52. The lowest BCUT2D eigenvalue weighted by Gasteiger charge is -2.11. The number of aromatic nitrogens is 6. The summed E-state index contributed by atoms with van der Waals surface area (Å²) < 4.78 is 30.0. The number of aryl methyl sites for hydroxylation is 1. The third-order valence-electron chi connectivity index (χ3n) is 6.44. The predicted octanol–water partition coefficient (Wildman–Crippen LogP) is 2.46. The second kappa shape index (κ2) is 9.22. The van der Waals surface area contributed by atoms with E-state index in [9.17, 15) is 18.0 Å². The number of fused-ring (bicyclic) bond motifs is 2. The molecule has 0 fully saturated rings. The molecule has 198 valence electrons. The maximum atomic E-state index is 13.5. The lowest BCUT2D eigenvalue weighted by molar-refractivity contribution is 0.498. The SMILES string of the molecule is CC(C)Cn1c(=O)n(C)c(=O)c2c(-c3cc(S(N)(=O)=O)cn3C)n(Cc3ccnc4ccc(Cl)cc34)nc21. The number of rotatable bonds is 6. The van der Waals surface area contributed by atoms with Gasteiger partial charge in [0.05, 0.1) is 17.8 Å². The Morgan fingerprint density at radius 3 is 2.50 bits per heavy atom. The molecule has 5 aromatic rings. The van der Waals surface area contributed by atoms with Gasteiger partial charge < -0.3 is 4.57 Å². The average Bonchev–Trinajstić information content (AvgIpc) is 3.41. The van der Waals surface area contributed by atoms with Crippen LogP contribution in [0, 0.1) is 5.92 Å².